The van der Waals surface area contributed by atoms with Gasteiger partial charge in [-0.3, -0.25) is 4.98 Å². The Morgan fingerprint density at radius 1 is 0.889 bits per heavy atom. The van der Waals surface area contributed by atoms with E-state index >= 15 is 0 Å². The van der Waals surface area contributed by atoms with Crippen LogP contribution in [0.4, 0.5) is 0 Å². The molecule has 4 heteroatoms. The molecule has 0 spiro atoms. The second-order valence-corrected chi connectivity index (χ2v) is 4.37. The molecule has 2 aliphatic rings. The van der Waals surface area contributed by atoms with E-state index in [2.05, 4.69) is 4.98 Å². The minimum absolute atomic E-state index is 0.113. The van der Waals surface area contributed by atoms with E-state index in [1.165, 1.54) is 0 Å². The van der Waals surface area contributed by atoms with E-state index in [1.54, 1.807) is 12.4 Å². The Balaban J connectivity index is 1.60. The molecule has 2 atom stereocenters. The molecular weight excluding hydrogens is 230 g/mol. The SMILES string of the molecule is c1cc(C2OC2c2ccc3c(c2)OCO3)ccn1. The molecule has 2 aliphatic heterocycles. The number of fused-ring (bicyclic) bond motifs is 1. The fourth-order valence-electron chi connectivity index (χ4n) is 2.26. The fourth-order valence-corrected chi connectivity index (χ4v) is 2.26. The molecule has 0 N–H and O–H groups in total. The normalized spacial score (nSPS) is 24.0. The number of rotatable bonds is 2. The highest BCUT2D eigenvalue weighted by Gasteiger charge is 2.41. The van der Waals surface area contributed by atoms with Gasteiger partial charge in [0, 0.05) is 12.4 Å². The zero-order valence-electron chi connectivity index (χ0n) is 9.58. The maximum Gasteiger partial charge on any atom is 0.231 e. The lowest BCUT2D eigenvalue weighted by Gasteiger charge is -1.99. The summed E-state index contributed by atoms with van der Waals surface area (Å²) in [4.78, 5) is 4.01. The van der Waals surface area contributed by atoms with Gasteiger partial charge in [0.1, 0.15) is 12.2 Å². The summed E-state index contributed by atoms with van der Waals surface area (Å²) in [5.74, 6) is 1.61. The summed E-state index contributed by atoms with van der Waals surface area (Å²) in [7, 11) is 0. The molecule has 4 nitrogen and oxygen atoms in total. The van der Waals surface area contributed by atoms with Gasteiger partial charge in [0.05, 0.1) is 0 Å². The maximum absolute atomic E-state index is 5.72. The first-order chi connectivity index (χ1) is 8.92. The summed E-state index contributed by atoms with van der Waals surface area (Å²) in [6, 6.07) is 9.92. The third-order valence-corrected chi connectivity index (χ3v) is 3.25. The lowest BCUT2D eigenvalue weighted by atomic mass is 10.1. The van der Waals surface area contributed by atoms with Gasteiger partial charge in [-0.1, -0.05) is 6.07 Å². The highest BCUT2D eigenvalue weighted by atomic mass is 16.7. The average molecular weight is 241 g/mol. The van der Waals surface area contributed by atoms with E-state index in [4.69, 9.17) is 14.2 Å². The van der Waals surface area contributed by atoms with Crippen LogP contribution in [0.25, 0.3) is 0 Å². The number of hydrogen-bond donors (Lipinski definition) is 0. The highest BCUT2D eigenvalue weighted by Crippen LogP contribution is 2.52. The van der Waals surface area contributed by atoms with Crippen molar-refractivity contribution < 1.29 is 14.2 Å². The Kier molecular flexibility index (Phi) is 2.04. The maximum atomic E-state index is 5.72. The molecule has 1 aromatic carbocycles. The number of ether oxygens (including phenoxy) is 3. The zero-order valence-corrected chi connectivity index (χ0v) is 9.58. The van der Waals surface area contributed by atoms with Crippen LogP contribution in [0.1, 0.15) is 23.3 Å². The van der Waals surface area contributed by atoms with Gasteiger partial charge in [0.15, 0.2) is 11.5 Å². The van der Waals surface area contributed by atoms with Crippen molar-refractivity contribution in [1.82, 2.24) is 4.98 Å². The van der Waals surface area contributed by atoms with Crippen LogP contribution in [0, 0.1) is 0 Å². The Bertz CT molecular complexity index is 585. The van der Waals surface area contributed by atoms with E-state index in [1.807, 2.05) is 30.3 Å². The minimum Gasteiger partial charge on any atom is -0.454 e. The molecule has 0 bridgehead atoms. The summed E-state index contributed by atoms with van der Waals surface area (Å²) in [5.41, 5.74) is 2.29. The summed E-state index contributed by atoms with van der Waals surface area (Å²) >= 11 is 0. The lowest BCUT2D eigenvalue weighted by Crippen LogP contribution is -1.92. The first kappa shape index (κ1) is 9.91. The molecule has 4 rings (SSSR count). The molecule has 0 radical (unpaired) electrons. The van der Waals surface area contributed by atoms with Crippen molar-refractivity contribution in [3.05, 3.63) is 53.9 Å². The Hall–Kier alpha value is -2.07. The van der Waals surface area contributed by atoms with E-state index in [-0.39, 0.29) is 12.2 Å². The van der Waals surface area contributed by atoms with Crippen molar-refractivity contribution in [3.8, 4) is 11.5 Å². The van der Waals surface area contributed by atoms with E-state index in [9.17, 15) is 0 Å². The molecule has 18 heavy (non-hydrogen) atoms. The second kappa shape index (κ2) is 3.71. The minimum atomic E-state index is 0.113. The summed E-state index contributed by atoms with van der Waals surface area (Å²) in [5, 5.41) is 0. The molecule has 0 amide bonds. The molecular formula is C14H11NO3. The van der Waals surface area contributed by atoms with Crippen molar-refractivity contribution >= 4 is 0 Å². The Labute approximate surface area is 104 Å². The van der Waals surface area contributed by atoms with Crippen LogP contribution < -0.4 is 9.47 Å². The standard InChI is InChI=1S/C14H11NO3/c1-2-11-12(17-8-16-11)7-10(1)14-13(18-14)9-3-5-15-6-4-9/h1-7,13-14H,8H2. The van der Waals surface area contributed by atoms with Crippen LogP contribution in [0.3, 0.4) is 0 Å². The molecule has 90 valence electrons. The molecule has 3 heterocycles. The van der Waals surface area contributed by atoms with Gasteiger partial charge in [-0.15, -0.1) is 0 Å². The summed E-state index contributed by atoms with van der Waals surface area (Å²) in [6.45, 7) is 0.304. The van der Waals surface area contributed by atoms with E-state index in [0.29, 0.717) is 6.79 Å². The third kappa shape index (κ3) is 1.54. The lowest BCUT2D eigenvalue weighted by molar-refractivity contribution is 0.174. The number of hydrogen-bond acceptors (Lipinski definition) is 4. The number of pyridine rings is 1. The third-order valence-electron chi connectivity index (χ3n) is 3.25. The van der Waals surface area contributed by atoms with Crippen LogP contribution in [0.15, 0.2) is 42.7 Å². The quantitative estimate of drug-likeness (QED) is 0.758. The van der Waals surface area contributed by atoms with Crippen LogP contribution in [0.2, 0.25) is 0 Å². The first-order valence-electron chi connectivity index (χ1n) is 5.87. The van der Waals surface area contributed by atoms with Gasteiger partial charge >= 0.3 is 0 Å². The zero-order chi connectivity index (χ0) is 11.9. The fraction of sp³-hybridized carbons (Fsp3) is 0.214. The number of nitrogens with zero attached hydrogens (tertiary/aromatic N) is 1. The average Bonchev–Trinajstić information content (AvgIpc) is 3.10. The smallest absolute Gasteiger partial charge is 0.231 e. The molecule has 1 aromatic heterocycles. The predicted molar refractivity (Wildman–Crippen MR) is 63.4 cm³/mol. The monoisotopic (exact) mass is 241 g/mol. The predicted octanol–water partition coefficient (Wildman–Crippen LogP) is 2.62. The molecule has 1 saturated heterocycles. The van der Waals surface area contributed by atoms with Gasteiger partial charge < -0.3 is 14.2 Å². The van der Waals surface area contributed by atoms with Crippen LogP contribution in [-0.2, 0) is 4.74 Å². The van der Waals surface area contributed by atoms with Crippen molar-refractivity contribution in [2.45, 2.75) is 12.2 Å². The van der Waals surface area contributed by atoms with Gasteiger partial charge in [-0.05, 0) is 35.4 Å². The molecule has 2 unspecified atom stereocenters. The largest absolute Gasteiger partial charge is 0.454 e. The summed E-state index contributed by atoms with van der Waals surface area (Å²) in [6.07, 6.45) is 3.82. The van der Waals surface area contributed by atoms with E-state index < -0.39 is 0 Å². The van der Waals surface area contributed by atoms with Gasteiger partial charge in [0.25, 0.3) is 0 Å². The molecule has 0 saturated carbocycles. The summed E-state index contributed by atoms with van der Waals surface area (Å²) < 4.78 is 16.4. The van der Waals surface area contributed by atoms with Crippen molar-refractivity contribution in [2.75, 3.05) is 6.79 Å². The van der Waals surface area contributed by atoms with Crippen LogP contribution in [0.5, 0.6) is 11.5 Å². The van der Waals surface area contributed by atoms with Gasteiger partial charge in [-0.25, -0.2) is 0 Å². The van der Waals surface area contributed by atoms with Gasteiger partial charge in [-0.2, -0.15) is 0 Å². The van der Waals surface area contributed by atoms with Crippen molar-refractivity contribution in [2.24, 2.45) is 0 Å². The van der Waals surface area contributed by atoms with Crippen molar-refractivity contribution in [1.29, 1.82) is 0 Å². The van der Waals surface area contributed by atoms with E-state index in [0.717, 1.165) is 22.6 Å². The Morgan fingerprint density at radius 2 is 1.67 bits per heavy atom. The topological polar surface area (TPSA) is 43.9 Å². The second-order valence-electron chi connectivity index (χ2n) is 4.37. The van der Waals surface area contributed by atoms with Crippen molar-refractivity contribution in [3.63, 3.8) is 0 Å². The van der Waals surface area contributed by atoms with Crippen LogP contribution in [-0.4, -0.2) is 11.8 Å². The van der Waals surface area contributed by atoms with Gasteiger partial charge in [0.2, 0.25) is 6.79 Å². The number of aromatic nitrogens is 1. The van der Waals surface area contributed by atoms with Crippen LogP contribution >= 0.6 is 0 Å². The Morgan fingerprint density at radius 3 is 2.56 bits per heavy atom. The highest BCUT2D eigenvalue weighted by molar-refractivity contribution is 5.46. The molecule has 2 aromatic rings. The molecule has 0 aliphatic carbocycles. The number of benzene rings is 1. The molecule has 1 fully saturated rings. The number of epoxide rings is 1. The first-order valence-corrected chi connectivity index (χ1v) is 5.87.